The Hall–Kier alpha value is -1.58. The van der Waals surface area contributed by atoms with Crippen molar-refractivity contribution in [2.24, 2.45) is 5.73 Å². The molecule has 1 saturated carbocycles. The number of nitrogens with one attached hydrogen (secondary N) is 1. The first-order chi connectivity index (χ1) is 10.7. The summed E-state index contributed by atoms with van der Waals surface area (Å²) in [5.41, 5.74) is 7.12. The lowest BCUT2D eigenvalue weighted by molar-refractivity contribution is -0.122. The van der Waals surface area contributed by atoms with Crippen molar-refractivity contribution in [3.63, 3.8) is 0 Å². The normalized spacial score (nSPS) is 20.7. The molecule has 0 spiro atoms. The van der Waals surface area contributed by atoms with Crippen LogP contribution in [0.1, 0.15) is 37.7 Å². The maximum atomic E-state index is 12.1. The van der Waals surface area contributed by atoms with Crippen LogP contribution in [-0.2, 0) is 11.2 Å². The van der Waals surface area contributed by atoms with E-state index in [0.29, 0.717) is 18.5 Å². The summed E-state index contributed by atoms with van der Waals surface area (Å²) in [7, 11) is 0. The van der Waals surface area contributed by atoms with Crippen molar-refractivity contribution in [1.29, 1.82) is 0 Å². The number of carbonyl (C=O) groups excluding carboxylic acids is 1. The standard InChI is InChI=1S/C19H24N2O.ClH/c20-17-8-10-18(11-9-17)21-19(22)12-6-14-5-7-15-3-1-2-4-16(15)13-14;/h1-5,7,13,17-18H,6,8-12,20H2,(H,21,22);1H. The molecule has 124 valence electrons. The molecule has 4 heteroatoms. The zero-order valence-corrected chi connectivity index (χ0v) is 14.1. The summed E-state index contributed by atoms with van der Waals surface area (Å²) >= 11 is 0. The molecule has 0 aromatic heterocycles. The van der Waals surface area contributed by atoms with E-state index >= 15 is 0 Å². The molecule has 0 atom stereocenters. The molecule has 0 heterocycles. The second-order valence-corrected chi connectivity index (χ2v) is 6.36. The van der Waals surface area contributed by atoms with E-state index in [1.807, 2.05) is 12.1 Å². The maximum Gasteiger partial charge on any atom is 0.220 e. The first-order valence-corrected chi connectivity index (χ1v) is 8.23. The molecule has 2 aromatic rings. The Bertz CT molecular complexity index is 651. The van der Waals surface area contributed by atoms with Crippen molar-refractivity contribution in [3.8, 4) is 0 Å². The largest absolute Gasteiger partial charge is 0.353 e. The Kier molecular flexibility index (Phi) is 6.43. The number of rotatable bonds is 4. The minimum atomic E-state index is 0. The van der Waals surface area contributed by atoms with Gasteiger partial charge in [0.15, 0.2) is 0 Å². The molecule has 2 aromatic carbocycles. The molecule has 1 aliphatic rings. The third-order valence-electron chi connectivity index (χ3n) is 4.59. The lowest BCUT2D eigenvalue weighted by Crippen LogP contribution is -2.40. The zero-order valence-electron chi connectivity index (χ0n) is 13.3. The predicted octanol–water partition coefficient (Wildman–Crippen LogP) is 3.58. The first kappa shape index (κ1) is 17.8. The second-order valence-electron chi connectivity index (χ2n) is 6.36. The van der Waals surface area contributed by atoms with Gasteiger partial charge in [0, 0.05) is 18.5 Å². The summed E-state index contributed by atoms with van der Waals surface area (Å²) in [6.07, 6.45) is 5.43. The van der Waals surface area contributed by atoms with Gasteiger partial charge in [-0.05, 0) is 48.4 Å². The van der Waals surface area contributed by atoms with Gasteiger partial charge in [0.05, 0.1) is 0 Å². The molecule has 0 saturated heterocycles. The molecule has 0 aliphatic heterocycles. The van der Waals surface area contributed by atoms with Crippen molar-refractivity contribution in [2.75, 3.05) is 0 Å². The van der Waals surface area contributed by atoms with Gasteiger partial charge < -0.3 is 11.1 Å². The van der Waals surface area contributed by atoms with Crippen LogP contribution >= 0.6 is 12.4 Å². The van der Waals surface area contributed by atoms with E-state index in [9.17, 15) is 4.79 Å². The van der Waals surface area contributed by atoms with Gasteiger partial charge in [0.25, 0.3) is 0 Å². The molecule has 1 aliphatic carbocycles. The summed E-state index contributed by atoms with van der Waals surface area (Å²) < 4.78 is 0. The Balaban J connectivity index is 0.00000192. The number of halogens is 1. The van der Waals surface area contributed by atoms with Crippen LogP contribution in [0, 0.1) is 0 Å². The predicted molar refractivity (Wildman–Crippen MR) is 97.9 cm³/mol. The molecule has 3 rings (SSSR count). The number of hydrogen-bond acceptors (Lipinski definition) is 2. The van der Waals surface area contributed by atoms with Gasteiger partial charge in [0.2, 0.25) is 5.91 Å². The van der Waals surface area contributed by atoms with Crippen molar-refractivity contribution >= 4 is 29.1 Å². The lowest BCUT2D eigenvalue weighted by Gasteiger charge is -2.26. The Morgan fingerprint density at radius 2 is 1.74 bits per heavy atom. The Morgan fingerprint density at radius 3 is 2.48 bits per heavy atom. The average Bonchev–Trinajstić information content (AvgIpc) is 2.55. The summed E-state index contributed by atoms with van der Waals surface area (Å²) in [5.74, 6) is 0.161. The van der Waals surface area contributed by atoms with Gasteiger partial charge in [-0.2, -0.15) is 0 Å². The fraction of sp³-hybridized carbons (Fsp3) is 0.421. The van der Waals surface area contributed by atoms with Crippen LogP contribution in [0.25, 0.3) is 10.8 Å². The molecule has 23 heavy (non-hydrogen) atoms. The fourth-order valence-electron chi connectivity index (χ4n) is 3.22. The second kappa shape index (κ2) is 8.32. The molecule has 3 N–H and O–H groups in total. The zero-order chi connectivity index (χ0) is 15.4. The summed E-state index contributed by atoms with van der Waals surface area (Å²) in [6.45, 7) is 0. The van der Waals surface area contributed by atoms with E-state index in [4.69, 9.17) is 5.73 Å². The molecule has 3 nitrogen and oxygen atoms in total. The van der Waals surface area contributed by atoms with Crippen molar-refractivity contribution in [3.05, 3.63) is 48.0 Å². The van der Waals surface area contributed by atoms with E-state index in [1.165, 1.54) is 16.3 Å². The van der Waals surface area contributed by atoms with E-state index in [1.54, 1.807) is 0 Å². The van der Waals surface area contributed by atoms with Crippen molar-refractivity contribution in [2.45, 2.75) is 50.6 Å². The first-order valence-electron chi connectivity index (χ1n) is 8.23. The minimum Gasteiger partial charge on any atom is -0.353 e. The molecular weight excluding hydrogens is 308 g/mol. The number of carbonyl (C=O) groups is 1. The highest BCUT2D eigenvalue weighted by Gasteiger charge is 2.19. The van der Waals surface area contributed by atoms with Crippen LogP contribution in [0.4, 0.5) is 0 Å². The van der Waals surface area contributed by atoms with Gasteiger partial charge in [-0.15, -0.1) is 12.4 Å². The van der Waals surface area contributed by atoms with Gasteiger partial charge in [-0.25, -0.2) is 0 Å². The number of fused-ring (bicyclic) bond motifs is 1. The molecular formula is C19H25ClN2O. The third-order valence-corrected chi connectivity index (χ3v) is 4.59. The quantitative estimate of drug-likeness (QED) is 0.899. The average molecular weight is 333 g/mol. The van der Waals surface area contributed by atoms with Crippen LogP contribution in [0.3, 0.4) is 0 Å². The number of nitrogens with two attached hydrogens (primary N) is 1. The van der Waals surface area contributed by atoms with Gasteiger partial charge in [-0.1, -0.05) is 42.5 Å². The van der Waals surface area contributed by atoms with E-state index in [0.717, 1.165) is 32.1 Å². The topological polar surface area (TPSA) is 55.1 Å². The Labute approximate surface area is 144 Å². The summed E-state index contributed by atoms with van der Waals surface area (Å²) in [6, 6.07) is 15.4. The van der Waals surface area contributed by atoms with E-state index in [2.05, 4.69) is 35.6 Å². The van der Waals surface area contributed by atoms with E-state index in [-0.39, 0.29) is 18.3 Å². The van der Waals surface area contributed by atoms with Crippen LogP contribution < -0.4 is 11.1 Å². The Morgan fingerprint density at radius 1 is 1.04 bits per heavy atom. The highest BCUT2D eigenvalue weighted by atomic mass is 35.5. The molecule has 0 unspecified atom stereocenters. The fourth-order valence-corrected chi connectivity index (χ4v) is 3.22. The maximum absolute atomic E-state index is 12.1. The summed E-state index contributed by atoms with van der Waals surface area (Å²) in [5, 5.41) is 5.63. The number of amides is 1. The number of hydrogen-bond donors (Lipinski definition) is 2. The monoisotopic (exact) mass is 332 g/mol. The minimum absolute atomic E-state index is 0. The number of benzene rings is 2. The van der Waals surface area contributed by atoms with Crippen molar-refractivity contribution in [1.82, 2.24) is 5.32 Å². The lowest BCUT2D eigenvalue weighted by atomic mass is 9.91. The third kappa shape index (κ3) is 4.95. The van der Waals surface area contributed by atoms with Crippen molar-refractivity contribution < 1.29 is 4.79 Å². The van der Waals surface area contributed by atoms with Crippen LogP contribution in [0.15, 0.2) is 42.5 Å². The molecule has 1 fully saturated rings. The SMILES string of the molecule is Cl.NC1CCC(NC(=O)CCc2ccc3ccccc3c2)CC1. The highest BCUT2D eigenvalue weighted by Crippen LogP contribution is 2.18. The molecule has 0 radical (unpaired) electrons. The van der Waals surface area contributed by atoms with Gasteiger partial charge in [-0.3, -0.25) is 4.79 Å². The smallest absolute Gasteiger partial charge is 0.220 e. The number of aryl methyl sites for hydroxylation is 1. The van der Waals surface area contributed by atoms with Crippen LogP contribution in [0.2, 0.25) is 0 Å². The highest BCUT2D eigenvalue weighted by molar-refractivity contribution is 5.85. The van der Waals surface area contributed by atoms with Gasteiger partial charge >= 0.3 is 0 Å². The molecule has 1 amide bonds. The van der Waals surface area contributed by atoms with E-state index < -0.39 is 0 Å². The van der Waals surface area contributed by atoms with Crippen LogP contribution in [0.5, 0.6) is 0 Å². The van der Waals surface area contributed by atoms with Crippen LogP contribution in [-0.4, -0.2) is 18.0 Å². The van der Waals surface area contributed by atoms with Gasteiger partial charge in [0.1, 0.15) is 0 Å². The molecule has 0 bridgehead atoms. The summed E-state index contributed by atoms with van der Waals surface area (Å²) in [4.78, 5) is 12.1.